The van der Waals surface area contributed by atoms with Gasteiger partial charge in [-0.1, -0.05) is 37.1 Å². The van der Waals surface area contributed by atoms with E-state index in [2.05, 4.69) is 10.4 Å². The molecule has 1 fully saturated rings. The summed E-state index contributed by atoms with van der Waals surface area (Å²) < 4.78 is 40.2. The Morgan fingerprint density at radius 2 is 1.77 bits per heavy atom. The van der Waals surface area contributed by atoms with Crippen molar-refractivity contribution in [1.29, 1.82) is 0 Å². The third kappa shape index (κ3) is 3.94. The van der Waals surface area contributed by atoms with Crippen LogP contribution in [0.25, 0.3) is 10.8 Å². The zero-order valence-corrected chi connectivity index (χ0v) is 16.1. The summed E-state index contributed by atoms with van der Waals surface area (Å²) in [5.41, 5.74) is -0.616. The number of hydrogen-bond donors (Lipinski definition) is 1. The van der Waals surface area contributed by atoms with Crippen LogP contribution in [0.2, 0.25) is 0 Å². The molecule has 0 spiro atoms. The highest BCUT2D eigenvalue weighted by molar-refractivity contribution is 5.94. The van der Waals surface area contributed by atoms with Crippen LogP contribution in [-0.2, 0) is 12.7 Å². The van der Waals surface area contributed by atoms with Gasteiger partial charge in [-0.05, 0) is 37.1 Å². The van der Waals surface area contributed by atoms with Crippen LogP contribution in [-0.4, -0.2) is 15.7 Å². The van der Waals surface area contributed by atoms with Gasteiger partial charge in [-0.25, -0.2) is 4.68 Å². The second kappa shape index (κ2) is 7.93. The summed E-state index contributed by atoms with van der Waals surface area (Å²) in [6.07, 6.45) is -0.701. The highest BCUT2D eigenvalue weighted by atomic mass is 19.4. The lowest BCUT2D eigenvalue weighted by Gasteiger charge is -2.16. The Balaban J connectivity index is 1.63. The quantitative estimate of drug-likeness (QED) is 0.684. The van der Waals surface area contributed by atoms with E-state index in [0.717, 1.165) is 37.8 Å². The van der Waals surface area contributed by atoms with Crippen molar-refractivity contribution in [2.24, 2.45) is 0 Å². The summed E-state index contributed by atoms with van der Waals surface area (Å²) in [4.78, 5) is 25.3. The molecule has 0 unspecified atom stereocenters. The summed E-state index contributed by atoms with van der Waals surface area (Å²) in [6.45, 7) is 0.00257. The first-order valence-electron chi connectivity index (χ1n) is 9.80. The molecular weight excluding hydrogens is 395 g/mol. The van der Waals surface area contributed by atoms with Crippen molar-refractivity contribution in [3.05, 3.63) is 75.7 Å². The number of nitrogens with zero attached hydrogens (tertiary/aromatic N) is 2. The van der Waals surface area contributed by atoms with Gasteiger partial charge in [-0.3, -0.25) is 9.59 Å². The van der Waals surface area contributed by atoms with E-state index in [0.29, 0.717) is 16.5 Å². The molecule has 0 saturated heterocycles. The Bertz CT molecular complexity index is 1150. The first-order chi connectivity index (χ1) is 14.3. The highest BCUT2D eigenvalue weighted by Crippen LogP contribution is 2.30. The predicted molar refractivity (Wildman–Crippen MR) is 106 cm³/mol. The average molecular weight is 415 g/mol. The molecule has 0 radical (unpaired) electrons. The van der Waals surface area contributed by atoms with Crippen molar-refractivity contribution in [2.75, 3.05) is 0 Å². The van der Waals surface area contributed by atoms with E-state index in [-0.39, 0.29) is 23.7 Å². The van der Waals surface area contributed by atoms with Crippen LogP contribution in [0.3, 0.4) is 0 Å². The fourth-order valence-corrected chi connectivity index (χ4v) is 3.90. The number of rotatable bonds is 4. The Morgan fingerprint density at radius 3 is 2.47 bits per heavy atom. The molecule has 1 N–H and O–H groups in total. The summed E-state index contributed by atoms with van der Waals surface area (Å²) in [5.74, 6) is -0.634. The van der Waals surface area contributed by atoms with Crippen molar-refractivity contribution in [3.63, 3.8) is 0 Å². The Morgan fingerprint density at radius 1 is 1.07 bits per heavy atom. The standard InChI is InChI=1S/C22H20F3N3O2/c23-22(24,25)15-7-5-6-14(12-15)20(29)26-13-19-17-10-3-4-11-18(17)21(30)28(27-19)16-8-1-2-9-16/h3-7,10-12,16H,1-2,8-9,13H2,(H,26,29). The molecule has 1 amide bonds. The molecule has 30 heavy (non-hydrogen) atoms. The number of amides is 1. The zero-order valence-electron chi connectivity index (χ0n) is 16.1. The topological polar surface area (TPSA) is 64.0 Å². The monoisotopic (exact) mass is 415 g/mol. The van der Waals surface area contributed by atoms with E-state index in [9.17, 15) is 22.8 Å². The highest BCUT2D eigenvalue weighted by Gasteiger charge is 2.31. The van der Waals surface area contributed by atoms with Gasteiger partial charge < -0.3 is 5.32 Å². The molecule has 1 heterocycles. The van der Waals surface area contributed by atoms with Crippen molar-refractivity contribution < 1.29 is 18.0 Å². The van der Waals surface area contributed by atoms with Gasteiger partial charge in [0.25, 0.3) is 11.5 Å². The lowest BCUT2D eigenvalue weighted by Crippen LogP contribution is -2.30. The van der Waals surface area contributed by atoms with Crippen LogP contribution in [0, 0.1) is 0 Å². The average Bonchev–Trinajstić information content (AvgIpc) is 3.27. The molecule has 1 aliphatic carbocycles. The van der Waals surface area contributed by atoms with E-state index in [1.165, 1.54) is 16.8 Å². The molecule has 0 aliphatic heterocycles. The maximum absolute atomic E-state index is 12.9. The summed E-state index contributed by atoms with van der Waals surface area (Å²) >= 11 is 0. The Hall–Kier alpha value is -3.16. The fourth-order valence-electron chi connectivity index (χ4n) is 3.90. The van der Waals surface area contributed by atoms with E-state index in [1.54, 1.807) is 24.3 Å². The van der Waals surface area contributed by atoms with Crippen molar-refractivity contribution in [3.8, 4) is 0 Å². The van der Waals surface area contributed by atoms with Crippen molar-refractivity contribution in [1.82, 2.24) is 15.1 Å². The molecule has 5 nitrogen and oxygen atoms in total. The maximum atomic E-state index is 12.9. The number of alkyl halides is 3. The Labute approximate surface area is 170 Å². The molecule has 0 atom stereocenters. The molecule has 4 rings (SSSR count). The number of nitrogens with one attached hydrogen (secondary N) is 1. The minimum absolute atomic E-state index is 0.00257. The molecule has 1 saturated carbocycles. The van der Waals surface area contributed by atoms with Gasteiger partial charge in [-0.2, -0.15) is 18.3 Å². The van der Waals surface area contributed by atoms with E-state index >= 15 is 0 Å². The zero-order chi connectivity index (χ0) is 21.3. The predicted octanol–water partition coefficient (Wildman–Crippen LogP) is 4.46. The molecule has 3 aromatic rings. The lowest BCUT2D eigenvalue weighted by molar-refractivity contribution is -0.137. The van der Waals surface area contributed by atoms with Crippen LogP contribution in [0.15, 0.2) is 53.3 Å². The number of halogens is 3. The second-order valence-corrected chi connectivity index (χ2v) is 7.44. The van der Waals surface area contributed by atoms with Gasteiger partial charge in [0.05, 0.1) is 29.2 Å². The van der Waals surface area contributed by atoms with Crippen LogP contribution >= 0.6 is 0 Å². The third-order valence-corrected chi connectivity index (χ3v) is 5.44. The molecule has 156 valence electrons. The van der Waals surface area contributed by atoms with Gasteiger partial charge in [-0.15, -0.1) is 0 Å². The minimum Gasteiger partial charge on any atom is -0.346 e. The lowest BCUT2D eigenvalue weighted by atomic mass is 10.1. The smallest absolute Gasteiger partial charge is 0.346 e. The first-order valence-corrected chi connectivity index (χ1v) is 9.80. The SMILES string of the molecule is O=C(NCc1nn(C2CCCC2)c(=O)c2ccccc12)c1cccc(C(F)(F)F)c1. The number of benzene rings is 2. The molecule has 8 heteroatoms. The molecule has 0 bridgehead atoms. The van der Waals surface area contributed by atoms with Gasteiger partial charge in [0.1, 0.15) is 0 Å². The molecule has 1 aliphatic rings. The van der Waals surface area contributed by atoms with Crippen molar-refractivity contribution in [2.45, 2.75) is 44.4 Å². The van der Waals surface area contributed by atoms with Crippen molar-refractivity contribution >= 4 is 16.7 Å². The van der Waals surface area contributed by atoms with Gasteiger partial charge >= 0.3 is 6.18 Å². The van der Waals surface area contributed by atoms with E-state index in [4.69, 9.17) is 0 Å². The minimum atomic E-state index is -4.52. The van der Waals surface area contributed by atoms with Gasteiger partial charge in [0.15, 0.2) is 0 Å². The van der Waals surface area contributed by atoms with Crippen LogP contribution in [0.4, 0.5) is 13.2 Å². The largest absolute Gasteiger partial charge is 0.416 e. The number of carbonyl (C=O) groups is 1. The summed E-state index contributed by atoms with van der Waals surface area (Å²) in [7, 11) is 0. The van der Waals surface area contributed by atoms with E-state index < -0.39 is 17.6 Å². The normalized spacial score (nSPS) is 14.9. The van der Waals surface area contributed by atoms with Gasteiger partial charge in [0, 0.05) is 10.9 Å². The second-order valence-electron chi connectivity index (χ2n) is 7.44. The number of carbonyl (C=O) groups excluding carboxylic acids is 1. The molecule has 2 aromatic carbocycles. The molecule has 1 aromatic heterocycles. The number of fused-ring (bicyclic) bond motifs is 1. The number of aromatic nitrogens is 2. The molecular formula is C22H20F3N3O2. The third-order valence-electron chi connectivity index (χ3n) is 5.44. The summed E-state index contributed by atoms with van der Waals surface area (Å²) in [6, 6.07) is 11.3. The van der Waals surface area contributed by atoms with Gasteiger partial charge in [0.2, 0.25) is 0 Å². The van der Waals surface area contributed by atoms with Crippen LogP contribution in [0.1, 0.15) is 53.3 Å². The maximum Gasteiger partial charge on any atom is 0.416 e. The Kier molecular flexibility index (Phi) is 5.32. The van der Waals surface area contributed by atoms with E-state index in [1.807, 2.05) is 0 Å². The summed E-state index contributed by atoms with van der Waals surface area (Å²) in [5, 5.41) is 8.30. The van der Waals surface area contributed by atoms with Crippen LogP contribution < -0.4 is 10.9 Å². The van der Waals surface area contributed by atoms with Crippen LogP contribution in [0.5, 0.6) is 0 Å². The first kappa shape index (κ1) is 20.1. The number of hydrogen-bond acceptors (Lipinski definition) is 3. The fraction of sp³-hybridized carbons (Fsp3) is 0.318.